The maximum atomic E-state index is 12.5. The summed E-state index contributed by atoms with van der Waals surface area (Å²) in [5.41, 5.74) is 5.14. The lowest BCUT2D eigenvalue weighted by atomic mass is 10.1. The van der Waals surface area contributed by atoms with Gasteiger partial charge in [0.1, 0.15) is 19.8 Å². The molecule has 1 amide bonds. The van der Waals surface area contributed by atoms with E-state index in [0.29, 0.717) is 42.7 Å². The van der Waals surface area contributed by atoms with Gasteiger partial charge in [-0.1, -0.05) is 11.6 Å². The molecule has 30 heavy (non-hydrogen) atoms. The number of halogens is 1. The molecule has 0 radical (unpaired) electrons. The molecule has 3 aromatic rings. The minimum Gasteiger partial charge on any atom is -0.486 e. The number of benzene rings is 1. The van der Waals surface area contributed by atoms with Crippen LogP contribution >= 0.6 is 22.9 Å². The number of aromatic nitrogens is 2. The van der Waals surface area contributed by atoms with Crippen molar-refractivity contribution in [3.8, 4) is 22.8 Å². The third kappa shape index (κ3) is 4.32. The van der Waals surface area contributed by atoms with Gasteiger partial charge in [-0.3, -0.25) is 4.79 Å². The second-order valence-electron chi connectivity index (χ2n) is 7.32. The molecule has 0 bridgehead atoms. The molecule has 6 nitrogen and oxygen atoms in total. The minimum absolute atomic E-state index is 0.0264. The van der Waals surface area contributed by atoms with Crippen LogP contribution in [-0.4, -0.2) is 35.2 Å². The number of hydrogen-bond acceptors (Lipinski definition) is 5. The highest BCUT2D eigenvalue weighted by atomic mass is 35.5. The second-order valence-corrected chi connectivity index (χ2v) is 8.79. The van der Waals surface area contributed by atoms with E-state index in [-0.39, 0.29) is 12.5 Å². The number of amides is 1. The van der Waals surface area contributed by atoms with Gasteiger partial charge in [-0.15, -0.1) is 11.3 Å². The third-order valence-electron chi connectivity index (χ3n) is 5.16. The SMILES string of the molecule is Cc1nc(-c2cc(C)n(CC(=O)NCCc3cc(Cl)c4c(c3)OCCO4)c2C)cs1. The smallest absolute Gasteiger partial charge is 0.239 e. The Morgan fingerprint density at radius 3 is 2.80 bits per heavy atom. The number of thiazole rings is 1. The van der Waals surface area contributed by atoms with Gasteiger partial charge in [-0.25, -0.2) is 4.98 Å². The van der Waals surface area contributed by atoms with Crippen molar-refractivity contribution in [3.63, 3.8) is 0 Å². The second kappa shape index (κ2) is 8.70. The van der Waals surface area contributed by atoms with Crippen LogP contribution in [0.3, 0.4) is 0 Å². The lowest BCUT2D eigenvalue weighted by Crippen LogP contribution is -2.30. The van der Waals surface area contributed by atoms with E-state index < -0.39 is 0 Å². The Balaban J connectivity index is 1.37. The Kier molecular flexibility index (Phi) is 6.01. The summed E-state index contributed by atoms with van der Waals surface area (Å²) >= 11 is 7.91. The summed E-state index contributed by atoms with van der Waals surface area (Å²) in [4.78, 5) is 17.1. The Hall–Kier alpha value is -2.51. The summed E-state index contributed by atoms with van der Waals surface area (Å²) in [6.45, 7) is 7.86. The van der Waals surface area contributed by atoms with Crippen LogP contribution in [0.5, 0.6) is 11.5 Å². The number of nitrogens with one attached hydrogen (secondary N) is 1. The zero-order valence-corrected chi connectivity index (χ0v) is 18.8. The first kappa shape index (κ1) is 20.8. The van der Waals surface area contributed by atoms with Gasteiger partial charge < -0.3 is 19.4 Å². The van der Waals surface area contributed by atoms with E-state index in [1.165, 1.54) is 0 Å². The van der Waals surface area contributed by atoms with E-state index in [4.69, 9.17) is 21.1 Å². The molecule has 0 aliphatic carbocycles. The number of aryl methyl sites for hydroxylation is 2. The fourth-order valence-electron chi connectivity index (χ4n) is 3.65. The van der Waals surface area contributed by atoms with Crippen LogP contribution in [0.25, 0.3) is 11.3 Å². The summed E-state index contributed by atoms with van der Waals surface area (Å²) < 4.78 is 13.2. The van der Waals surface area contributed by atoms with Crippen LogP contribution in [0, 0.1) is 20.8 Å². The summed E-state index contributed by atoms with van der Waals surface area (Å²) in [5.74, 6) is 1.24. The largest absolute Gasteiger partial charge is 0.486 e. The Morgan fingerprint density at radius 1 is 1.23 bits per heavy atom. The van der Waals surface area contributed by atoms with E-state index in [9.17, 15) is 4.79 Å². The first-order chi connectivity index (χ1) is 14.4. The monoisotopic (exact) mass is 445 g/mol. The molecule has 0 saturated carbocycles. The summed E-state index contributed by atoms with van der Waals surface area (Å²) in [5, 5.41) is 6.63. The van der Waals surface area contributed by atoms with Crippen LogP contribution in [-0.2, 0) is 17.8 Å². The van der Waals surface area contributed by atoms with Crippen molar-refractivity contribution in [2.45, 2.75) is 33.7 Å². The highest BCUT2D eigenvalue weighted by molar-refractivity contribution is 7.09. The van der Waals surface area contributed by atoms with Crippen molar-refractivity contribution in [2.75, 3.05) is 19.8 Å². The van der Waals surface area contributed by atoms with Crippen molar-refractivity contribution in [2.24, 2.45) is 0 Å². The number of hydrogen-bond donors (Lipinski definition) is 1. The maximum absolute atomic E-state index is 12.5. The van der Waals surface area contributed by atoms with Crippen LogP contribution in [0.15, 0.2) is 23.6 Å². The molecule has 0 unspecified atom stereocenters. The molecule has 1 aliphatic heterocycles. The highest BCUT2D eigenvalue weighted by Crippen LogP contribution is 2.38. The number of carbonyl (C=O) groups is 1. The average Bonchev–Trinajstić information content (AvgIpc) is 3.26. The molecule has 1 N–H and O–H groups in total. The molecule has 1 aromatic carbocycles. The number of carbonyl (C=O) groups excluding carboxylic acids is 1. The first-order valence-electron chi connectivity index (χ1n) is 9.86. The summed E-state index contributed by atoms with van der Waals surface area (Å²) in [6.07, 6.45) is 0.662. The zero-order chi connectivity index (χ0) is 21.3. The van der Waals surface area contributed by atoms with Gasteiger partial charge in [-0.05, 0) is 51.0 Å². The van der Waals surface area contributed by atoms with Crippen molar-refractivity contribution < 1.29 is 14.3 Å². The predicted molar refractivity (Wildman–Crippen MR) is 119 cm³/mol. The fourth-order valence-corrected chi connectivity index (χ4v) is 4.55. The van der Waals surface area contributed by atoms with Gasteiger partial charge in [0.05, 0.1) is 15.7 Å². The molecule has 0 fully saturated rings. The lowest BCUT2D eigenvalue weighted by molar-refractivity contribution is -0.121. The topological polar surface area (TPSA) is 65.4 Å². The van der Waals surface area contributed by atoms with Crippen LogP contribution in [0.4, 0.5) is 0 Å². The van der Waals surface area contributed by atoms with E-state index in [1.54, 1.807) is 11.3 Å². The maximum Gasteiger partial charge on any atom is 0.239 e. The van der Waals surface area contributed by atoms with Crippen LogP contribution < -0.4 is 14.8 Å². The Labute approximate surface area is 184 Å². The fraction of sp³-hybridized carbons (Fsp3) is 0.364. The van der Waals surface area contributed by atoms with Crippen LogP contribution in [0.1, 0.15) is 22.0 Å². The molecule has 1 aliphatic rings. The normalized spacial score (nSPS) is 12.8. The van der Waals surface area contributed by atoms with Gasteiger partial charge in [-0.2, -0.15) is 0 Å². The standard InChI is InChI=1S/C22H24ClN3O3S/c1-13-8-17(19-12-30-15(3)25-19)14(2)26(13)11-21(27)24-5-4-16-9-18(23)22-20(10-16)28-6-7-29-22/h8-10,12H,4-7,11H2,1-3H3,(H,24,27). The van der Waals surface area contributed by atoms with Gasteiger partial charge in [0.2, 0.25) is 5.91 Å². The van der Waals surface area contributed by atoms with E-state index in [1.807, 2.05) is 37.5 Å². The molecule has 3 heterocycles. The van der Waals surface area contributed by atoms with Gasteiger partial charge in [0.25, 0.3) is 0 Å². The molecular formula is C22H24ClN3O3S. The summed E-state index contributed by atoms with van der Waals surface area (Å²) in [6, 6.07) is 5.88. The number of rotatable bonds is 6. The summed E-state index contributed by atoms with van der Waals surface area (Å²) in [7, 11) is 0. The Morgan fingerprint density at radius 2 is 2.03 bits per heavy atom. The van der Waals surface area contributed by atoms with Crippen molar-refractivity contribution in [3.05, 3.63) is 50.6 Å². The molecule has 8 heteroatoms. The average molecular weight is 446 g/mol. The molecule has 0 atom stereocenters. The first-order valence-corrected chi connectivity index (χ1v) is 11.1. The lowest BCUT2D eigenvalue weighted by Gasteiger charge is -2.20. The van der Waals surface area contributed by atoms with Crippen molar-refractivity contribution in [1.82, 2.24) is 14.9 Å². The predicted octanol–water partition coefficient (Wildman–Crippen LogP) is 4.32. The molecular weight excluding hydrogens is 422 g/mol. The van der Waals surface area contributed by atoms with Crippen LogP contribution in [0.2, 0.25) is 5.02 Å². The quantitative estimate of drug-likeness (QED) is 0.613. The molecule has 158 valence electrons. The zero-order valence-electron chi connectivity index (χ0n) is 17.3. The number of fused-ring (bicyclic) bond motifs is 1. The van der Waals surface area contributed by atoms with Crippen molar-refractivity contribution in [1.29, 1.82) is 0 Å². The molecule has 4 rings (SSSR count). The van der Waals surface area contributed by atoms with Gasteiger partial charge in [0.15, 0.2) is 11.5 Å². The third-order valence-corrected chi connectivity index (χ3v) is 6.22. The minimum atomic E-state index is -0.0264. The van der Waals surface area contributed by atoms with E-state index >= 15 is 0 Å². The molecule has 0 saturated heterocycles. The highest BCUT2D eigenvalue weighted by Gasteiger charge is 2.17. The van der Waals surface area contributed by atoms with Gasteiger partial charge >= 0.3 is 0 Å². The Bertz CT molecular complexity index is 1090. The molecule has 2 aromatic heterocycles. The van der Waals surface area contributed by atoms with Gasteiger partial charge in [0, 0.05) is 28.9 Å². The van der Waals surface area contributed by atoms with E-state index in [0.717, 1.165) is 33.2 Å². The van der Waals surface area contributed by atoms with Crippen molar-refractivity contribution >= 4 is 28.8 Å². The number of ether oxygens (including phenoxy) is 2. The van der Waals surface area contributed by atoms with E-state index in [2.05, 4.69) is 21.7 Å². The molecule has 0 spiro atoms. The number of nitrogens with zero attached hydrogens (tertiary/aromatic N) is 2.